The molecule has 3 aliphatic heterocycles. The maximum Gasteiger partial charge on any atom is 0.220 e. The molecule has 1 unspecified atom stereocenters. The molecule has 4 aromatic rings. The number of methoxy groups -OCH3 is 2. The van der Waals surface area contributed by atoms with Gasteiger partial charge in [0.15, 0.2) is 0 Å². The first kappa shape index (κ1) is 35.7. The third kappa shape index (κ3) is 8.06. The fraction of sp³-hybridized carbons (Fsp3) is 0.415. The van der Waals surface area contributed by atoms with Crippen molar-refractivity contribution >= 4 is 29.1 Å². The van der Waals surface area contributed by atoms with Crippen LogP contribution in [0.3, 0.4) is 0 Å². The Hall–Kier alpha value is -3.66. The van der Waals surface area contributed by atoms with Gasteiger partial charge in [-0.2, -0.15) is 0 Å². The molecule has 51 heavy (non-hydrogen) atoms. The highest BCUT2D eigenvalue weighted by atomic mass is 35.5. The highest BCUT2D eigenvalue weighted by Crippen LogP contribution is 2.44. The maximum atomic E-state index is 11.5. The Bertz CT molecular complexity index is 1860. The summed E-state index contributed by atoms with van der Waals surface area (Å²) in [5.41, 5.74) is 8.72. The van der Waals surface area contributed by atoms with E-state index in [0.717, 1.165) is 90.6 Å². The van der Waals surface area contributed by atoms with Crippen LogP contribution in [0.2, 0.25) is 10.0 Å². The van der Waals surface area contributed by atoms with Gasteiger partial charge in [-0.15, -0.1) is 0 Å². The molecular weight excluding hydrogens is 681 g/mol. The minimum Gasteiger partial charge on any atom is -0.496 e. The number of hydrogen-bond donors (Lipinski definition) is 3. The van der Waals surface area contributed by atoms with Gasteiger partial charge < -0.3 is 25.4 Å². The summed E-state index contributed by atoms with van der Waals surface area (Å²) >= 11 is 14.4. The largest absolute Gasteiger partial charge is 0.496 e. The summed E-state index contributed by atoms with van der Waals surface area (Å²) in [5.74, 6) is 2.39. The SMILES string of the molecule is COc1cc(-c2cccc(-c3cccc(-c4ccc(CNCC5CCC(=O)N5)c(OC)n4)c3Cl)c2Cl)cc2c1CN(CCC1CCNCC1)CC2. The van der Waals surface area contributed by atoms with Crippen LogP contribution in [-0.4, -0.2) is 68.8 Å². The molecule has 0 saturated carbocycles. The fourth-order valence-corrected chi connectivity index (χ4v) is 8.46. The van der Waals surface area contributed by atoms with Gasteiger partial charge in [0.2, 0.25) is 11.8 Å². The highest BCUT2D eigenvalue weighted by Gasteiger charge is 2.24. The standard InChI is InChI=1S/C41H47Cl2N5O3/c1-50-37-22-29(21-27-16-20-48(25-35(27)37)19-15-26-13-17-44-18-14-26)31-5-3-6-32(39(31)42)33-7-4-8-34(40(33)43)36-11-9-28(41(47-36)51-2)23-45-24-30-10-12-38(49)46-30/h3-9,11,21-22,26,30,44-45H,10,12-20,23-25H2,1-2H3,(H,46,49). The Morgan fingerprint density at radius 2 is 1.65 bits per heavy atom. The molecule has 0 spiro atoms. The summed E-state index contributed by atoms with van der Waals surface area (Å²) in [4.78, 5) is 19.0. The number of ether oxygens (including phenoxy) is 2. The van der Waals surface area contributed by atoms with Gasteiger partial charge in [-0.1, -0.05) is 71.7 Å². The topological polar surface area (TPSA) is 87.8 Å². The number of halogens is 2. The number of carbonyl (C=O) groups excluding carboxylic acids is 1. The fourth-order valence-electron chi connectivity index (χ4n) is 7.79. The van der Waals surface area contributed by atoms with Gasteiger partial charge in [-0.05, 0) is 80.9 Å². The molecule has 1 atom stereocenters. The van der Waals surface area contributed by atoms with E-state index in [1.165, 1.54) is 30.4 Å². The quantitative estimate of drug-likeness (QED) is 0.139. The Balaban J connectivity index is 1.10. The summed E-state index contributed by atoms with van der Waals surface area (Å²) in [7, 11) is 3.39. The second-order valence-corrected chi connectivity index (χ2v) is 14.7. The van der Waals surface area contributed by atoms with Crippen molar-refractivity contribution in [2.45, 2.75) is 57.7 Å². The van der Waals surface area contributed by atoms with Crippen LogP contribution < -0.4 is 25.4 Å². The predicted molar refractivity (Wildman–Crippen MR) is 206 cm³/mol. The van der Waals surface area contributed by atoms with E-state index in [1.54, 1.807) is 14.2 Å². The van der Waals surface area contributed by atoms with Crippen LogP contribution in [0, 0.1) is 5.92 Å². The van der Waals surface area contributed by atoms with E-state index < -0.39 is 0 Å². The van der Waals surface area contributed by atoms with Crippen molar-refractivity contribution in [3.8, 4) is 45.1 Å². The molecule has 3 N–H and O–H groups in total. The first-order valence-electron chi connectivity index (χ1n) is 18.2. The number of fused-ring (bicyclic) bond motifs is 1. The van der Waals surface area contributed by atoms with Gasteiger partial charge in [0.25, 0.3) is 0 Å². The average molecular weight is 729 g/mol. The molecule has 2 saturated heterocycles. The predicted octanol–water partition coefficient (Wildman–Crippen LogP) is 7.52. The van der Waals surface area contributed by atoms with Gasteiger partial charge in [0.1, 0.15) is 5.75 Å². The molecule has 10 heteroatoms. The Morgan fingerprint density at radius 1 is 0.902 bits per heavy atom. The van der Waals surface area contributed by atoms with Crippen LogP contribution in [0.5, 0.6) is 11.6 Å². The molecule has 0 aliphatic carbocycles. The van der Waals surface area contributed by atoms with Crippen molar-refractivity contribution in [3.63, 3.8) is 0 Å². The van der Waals surface area contributed by atoms with Crippen molar-refractivity contribution in [3.05, 3.63) is 87.4 Å². The number of amides is 1. The van der Waals surface area contributed by atoms with Gasteiger partial charge in [0.05, 0.1) is 30.0 Å². The van der Waals surface area contributed by atoms with Gasteiger partial charge >= 0.3 is 0 Å². The number of aromatic nitrogens is 1. The number of piperidine rings is 1. The lowest BCUT2D eigenvalue weighted by Gasteiger charge is -2.32. The number of hydrogen-bond acceptors (Lipinski definition) is 7. The molecule has 268 valence electrons. The highest BCUT2D eigenvalue weighted by molar-refractivity contribution is 6.39. The Labute approximate surface area is 311 Å². The van der Waals surface area contributed by atoms with E-state index >= 15 is 0 Å². The second-order valence-electron chi connectivity index (χ2n) is 14.0. The molecular formula is C41H47Cl2N5O3. The van der Waals surface area contributed by atoms with Crippen molar-refractivity contribution in [2.24, 2.45) is 5.92 Å². The number of nitrogens with one attached hydrogen (secondary N) is 3. The molecule has 3 aromatic carbocycles. The summed E-state index contributed by atoms with van der Waals surface area (Å²) in [5, 5.41) is 11.1. The Morgan fingerprint density at radius 3 is 2.37 bits per heavy atom. The normalized spacial score (nSPS) is 18.0. The first-order valence-corrected chi connectivity index (χ1v) is 18.9. The number of pyridine rings is 1. The van der Waals surface area contributed by atoms with Crippen molar-refractivity contribution in [1.82, 2.24) is 25.8 Å². The van der Waals surface area contributed by atoms with E-state index in [2.05, 4.69) is 39.0 Å². The lowest BCUT2D eigenvalue weighted by Crippen LogP contribution is -2.35. The summed E-state index contributed by atoms with van der Waals surface area (Å²) < 4.78 is 11.7. The second kappa shape index (κ2) is 16.3. The molecule has 2 fully saturated rings. The maximum absolute atomic E-state index is 11.5. The zero-order valence-corrected chi connectivity index (χ0v) is 31.0. The van der Waals surface area contributed by atoms with Crippen LogP contribution in [0.4, 0.5) is 0 Å². The van der Waals surface area contributed by atoms with E-state index in [1.807, 2.05) is 42.5 Å². The van der Waals surface area contributed by atoms with Crippen LogP contribution in [0.15, 0.2) is 60.7 Å². The van der Waals surface area contributed by atoms with Crippen LogP contribution in [0.25, 0.3) is 33.5 Å². The minimum atomic E-state index is 0.112. The Kier molecular flexibility index (Phi) is 11.5. The zero-order valence-electron chi connectivity index (χ0n) is 29.5. The molecule has 4 heterocycles. The van der Waals surface area contributed by atoms with Crippen molar-refractivity contribution < 1.29 is 14.3 Å². The van der Waals surface area contributed by atoms with Crippen LogP contribution in [-0.2, 0) is 24.3 Å². The first-order chi connectivity index (χ1) is 24.9. The molecule has 1 aromatic heterocycles. The minimum absolute atomic E-state index is 0.112. The van der Waals surface area contributed by atoms with E-state index in [4.69, 9.17) is 37.7 Å². The molecule has 8 nitrogen and oxygen atoms in total. The molecule has 3 aliphatic rings. The van der Waals surface area contributed by atoms with E-state index in [-0.39, 0.29) is 11.9 Å². The van der Waals surface area contributed by atoms with Gasteiger partial charge in [0, 0.05) is 72.0 Å². The monoisotopic (exact) mass is 727 g/mol. The van der Waals surface area contributed by atoms with E-state index in [0.29, 0.717) is 41.1 Å². The third-order valence-corrected chi connectivity index (χ3v) is 11.5. The lowest BCUT2D eigenvalue weighted by atomic mass is 9.91. The number of carbonyl (C=O) groups is 1. The number of benzene rings is 3. The summed E-state index contributed by atoms with van der Waals surface area (Å²) in [6.45, 7) is 6.66. The number of rotatable bonds is 12. The molecule has 1 amide bonds. The zero-order chi connectivity index (χ0) is 35.3. The van der Waals surface area contributed by atoms with E-state index in [9.17, 15) is 4.79 Å². The molecule has 7 rings (SSSR count). The molecule has 0 radical (unpaired) electrons. The van der Waals surface area contributed by atoms with Gasteiger partial charge in [-0.3, -0.25) is 9.69 Å². The molecule has 0 bridgehead atoms. The smallest absolute Gasteiger partial charge is 0.220 e. The van der Waals surface area contributed by atoms with Crippen LogP contribution in [0.1, 0.15) is 48.8 Å². The summed E-state index contributed by atoms with van der Waals surface area (Å²) in [6, 6.07) is 20.6. The number of nitrogens with zero attached hydrogens (tertiary/aromatic N) is 2. The summed E-state index contributed by atoms with van der Waals surface area (Å²) in [6.07, 6.45) is 6.26. The van der Waals surface area contributed by atoms with Crippen molar-refractivity contribution in [2.75, 3.05) is 46.9 Å². The van der Waals surface area contributed by atoms with Crippen molar-refractivity contribution in [1.29, 1.82) is 0 Å². The average Bonchev–Trinajstić information content (AvgIpc) is 3.58. The third-order valence-electron chi connectivity index (χ3n) is 10.7. The van der Waals surface area contributed by atoms with Gasteiger partial charge in [-0.25, -0.2) is 4.98 Å². The lowest BCUT2D eigenvalue weighted by molar-refractivity contribution is -0.119. The van der Waals surface area contributed by atoms with Crippen LogP contribution >= 0.6 is 23.2 Å².